The zero-order chi connectivity index (χ0) is 13.0. The van der Waals surface area contributed by atoms with E-state index >= 15 is 0 Å². The molecule has 0 spiro atoms. The maximum atomic E-state index is 5.59. The van der Waals surface area contributed by atoms with E-state index in [-0.39, 0.29) is 0 Å². The molecule has 0 aliphatic heterocycles. The van der Waals surface area contributed by atoms with Crippen LogP contribution in [-0.4, -0.2) is 11.5 Å². The van der Waals surface area contributed by atoms with Gasteiger partial charge in [-0.3, -0.25) is 0 Å². The van der Waals surface area contributed by atoms with Gasteiger partial charge in [-0.15, -0.1) is 0 Å². The molecular weight excluding hydrogens is 308 g/mol. The summed E-state index contributed by atoms with van der Waals surface area (Å²) in [5, 5.41) is 0.989. The molecule has 0 aliphatic rings. The summed E-state index contributed by atoms with van der Waals surface area (Å²) in [6.07, 6.45) is 2.74. The number of nitrogens with zero attached hydrogens (tertiary/aromatic N) is 1. The van der Waals surface area contributed by atoms with Gasteiger partial charge in [-0.2, -0.15) is 0 Å². The summed E-state index contributed by atoms with van der Waals surface area (Å²) in [5.41, 5.74) is 8.20. The van der Waals surface area contributed by atoms with E-state index in [4.69, 9.17) is 5.73 Å². The quantitative estimate of drug-likeness (QED) is 0.930. The van der Waals surface area contributed by atoms with E-state index in [1.165, 1.54) is 16.0 Å². The van der Waals surface area contributed by atoms with Gasteiger partial charge in [0.1, 0.15) is 5.03 Å². The number of benzene rings is 1. The van der Waals surface area contributed by atoms with Gasteiger partial charge >= 0.3 is 0 Å². The second-order valence-electron chi connectivity index (χ2n) is 4.02. The van der Waals surface area contributed by atoms with Crippen molar-refractivity contribution in [1.82, 2.24) is 4.98 Å². The molecule has 0 radical (unpaired) electrons. The average Bonchev–Trinajstić information content (AvgIpc) is 2.36. The molecular formula is C14H15BrN2S. The first-order valence-corrected chi connectivity index (χ1v) is 7.39. The minimum absolute atomic E-state index is 0.694. The van der Waals surface area contributed by atoms with Crippen LogP contribution in [0.15, 0.2) is 50.9 Å². The summed E-state index contributed by atoms with van der Waals surface area (Å²) < 4.78 is 1.03. The molecule has 1 heterocycles. The van der Waals surface area contributed by atoms with Gasteiger partial charge in [0.05, 0.1) is 4.47 Å². The van der Waals surface area contributed by atoms with Crippen LogP contribution >= 0.6 is 27.7 Å². The summed E-state index contributed by atoms with van der Waals surface area (Å²) in [5.74, 6) is 0. The lowest BCUT2D eigenvalue weighted by atomic mass is 10.1. The van der Waals surface area contributed by atoms with Crippen LogP contribution in [0.25, 0.3) is 0 Å². The van der Waals surface area contributed by atoms with E-state index in [0.29, 0.717) is 6.54 Å². The van der Waals surface area contributed by atoms with Crippen molar-refractivity contribution in [3.63, 3.8) is 0 Å². The number of nitrogens with two attached hydrogens (primary N) is 1. The maximum absolute atomic E-state index is 5.59. The number of aromatic nitrogens is 1. The van der Waals surface area contributed by atoms with Crippen LogP contribution in [0.4, 0.5) is 0 Å². The molecule has 2 N–H and O–H groups in total. The molecule has 0 bridgehead atoms. The van der Waals surface area contributed by atoms with Gasteiger partial charge in [0, 0.05) is 11.1 Å². The molecule has 1 aromatic carbocycles. The van der Waals surface area contributed by atoms with Crippen LogP contribution in [0.5, 0.6) is 0 Å². The Labute approximate surface area is 120 Å². The predicted molar refractivity (Wildman–Crippen MR) is 80.0 cm³/mol. The van der Waals surface area contributed by atoms with E-state index in [0.717, 1.165) is 15.9 Å². The van der Waals surface area contributed by atoms with Crippen molar-refractivity contribution < 1.29 is 0 Å². The topological polar surface area (TPSA) is 38.9 Å². The van der Waals surface area contributed by atoms with Crippen molar-refractivity contribution in [3.8, 4) is 0 Å². The third-order valence-corrected chi connectivity index (χ3v) is 4.58. The van der Waals surface area contributed by atoms with E-state index in [2.05, 4.69) is 46.0 Å². The molecule has 0 unspecified atom stereocenters. The number of hydrogen-bond acceptors (Lipinski definition) is 3. The summed E-state index contributed by atoms with van der Waals surface area (Å²) in [6, 6.07) is 10.4. The Morgan fingerprint density at radius 3 is 2.83 bits per heavy atom. The first kappa shape index (κ1) is 13.6. The van der Waals surface area contributed by atoms with Gasteiger partial charge < -0.3 is 5.73 Å². The molecule has 0 saturated carbocycles. The van der Waals surface area contributed by atoms with E-state index in [1.807, 2.05) is 18.3 Å². The highest BCUT2D eigenvalue weighted by Crippen LogP contribution is 2.32. The van der Waals surface area contributed by atoms with Crippen molar-refractivity contribution in [3.05, 3.63) is 52.1 Å². The first-order valence-electron chi connectivity index (χ1n) is 5.78. The van der Waals surface area contributed by atoms with Gasteiger partial charge in [-0.1, -0.05) is 17.8 Å². The summed E-state index contributed by atoms with van der Waals surface area (Å²) in [4.78, 5) is 5.56. The number of aryl methyl sites for hydroxylation is 1. The fourth-order valence-electron chi connectivity index (χ4n) is 1.73. The van der Waals surface area contributed by atoms with Gasteiger partial charge in [0.15, 0.2) is 0 Å². The minimum Gasteiger partial charge on any atom is -0.330 e. The third-order valence-electron chi connectivity index (χ3n) is 2.67. The highest BCUT2D eigenvalue weighted by molar-refractivity contribution is 9.10. The van der Waals surface area contributed by atoms with Crippen LogP contribution in [0, 0.1) is 6.92 Å². The first-order chi connectivity index (χ1) is 8.70. The Hall–Kier alpha value is -0.840. The standard InChI is InChI=1S/C14H15BrN2S/c1-10-9-12(5-4-11(10)6-7-16)18-14-13(15)3-2-8-17-14/h2-5,8-9H,6-7,16H2,1H3. The lowest BCUT2D eigenvalue weighted by Crippen LogP contribution is -2.03. The van der Waals surface area contributed by atoms with E-state index < -0.39 is 0 Å². The average molecular weight is 323 g/mol. The van der Waals surface area contributed by atoms with E-state index in [9.17, 15) is 0 Å². The Bertz CT molecular complexity index is 543. The Morgan fingerprint density at radius 1 is 1.33 bits per heavy atom. The van der Waals surface area contributed by atoms with Crippen molar-refractivity contribution in [2.45, 2.75) is 23.3 Å². The SMILES string of the molecule is Cc1cc(Sc2ncccc2Br)ccc1CCN. The maximum Gasteiger partial charge on any atom is 0.115 e. The van der Waals surface area contributed by atoms with Gasteiger partial charge in [-0.05, 0) is 71.2 Å². The Morgan fingerprint density at radius 2 is 2.17 bits per heavy atom. The lowest BCUT2D eigenvalue weighted by molar-refractivity contribution is 0.954. The molecule has 94 valence electrons. The molecule has 0 atom stereocenters. The zero-order valence-corrected chi connectivity index (χ0v) is 12.6. The van der Waals surface area contributed by atoms with E-state index in [1.54, 1.807) is 11.8 Å². The van der Waals surface area contributed by atoms with Crippen molar-refractivity contribution >= 4 is 27.7 Å². The summed E-state index contributed by atoms with van der Waals surface area (Å²) in [6.45, 7) is 2.82. The molecule has 18 heavy (non-hydrogen) atoms. The third kappa shape index (κ3) is 3.34. The van der Waals surface area contributed by atoms with Gasteiger partial charge in [0.25, 0.3) is 0 Å². The Balaban J connectivity index is 2.20. The largest absolute Gasteiger partial charge is 0.330 e. The second-order valence-corrected chi connectivity index (χ2v) is 5.94. The summed E-state index contributed by atoms with van der Waals surface area (Å²) >= 11 is 5.18. The molecule has 2 rings (SSSR count). The number of pyridine rings is 1. The molecule has 4 heteroatoms. The highest BCUT2D eigenvalue weighted by Gasteiger charge is 2.05. The molecule has 0 saturated heterocycles. The van der Waals surface area contributed by atoms with Crippen LogP contribution in [0.2, 0.25) is 0 Å². The predicted octanol–water partition coefficient (Wildman–Crippen LogP) is 3.80. The highest BCUT2D eigenvalue weighted by atomic mass is 79.9. The minimum atomic E-state index is 0.694. The van der Waals surface area contributed by atoms with Gasteiger partial charge in [-0.25, -0.2) is 4.98 Å². The number of halogens is 1. The molecule has 0 aliphatic carbocycles. The summed E-state index contributed by atoms with van der Waals surface area (Å²) in [7, 11) is 0. The fraction of sp³-hybridized carbons (Fsp3) is 0.214. The number of rotatable bonds is 4. The zero-order valence-electron chi connectivity index (χ0n) is 10.2. The molecule has 1 aromatic heterocycles. The fourth-order valence-corrected chi connectivity index (χ4v) is 3.10. The number of hydrogen-bond donors (Lipinski definition) is 1. The van der Waals surface area contributed by atoms with Crippen molar-refractivity contribution in [2.75, 3.05) is 6.54 Å². The van der Waals surface area contributed by atoms with Crippen LogP contribution < -0.4 is 5.73 Å². The Kier molecular flexibility index (Phi) is 4.80. The smallest absolute Gasteiger partial charge is 0.115 e. The molecule has 2 aromatic rings. The molecule has 2 nitrogen and oxygen atoms in total. The van der Waals surface area contributed by atoms with Crippen LogP contribution in [0.1, 0.15) is 11.1 Å². The van der Waals surface area contributed by atoms with Crippen LogP contribution in [0.3, 0.4) is 0 Å². The monoisotopic (exact) mass is 322 g/mol. The van der Waals surface area contributed by atoms with Crippen LogP contribution in [-0.2, 0) is 6.42 Å². The van der Waals surface area contributed by atoms with Crippen molar-refractivity contribution in [2.24, 2.45) is 5.73 Å². The van der Waals surface area contributed by atoms with Gasteiger partial charge in [0.2, 0.25) is 0 Å². The molecule has 0 fully saturated rings. The second kappa shape index (κ2) is 6.36. The van der Waals surface area contributed by atoms with Crippen molar-refractivity contribution in [1.29, 1.82) is 0 Å². The lowest BCUT2D eigenvalue weighted by Gasteiger charge is -2.08. The molecule has 0 amide bonds. The normalized spacial score (nSPS) is 10.6.